The lowest BCUT2D eigenvalue weighted by Gasteiger charge is -2.29. The monoisotopic (exact) mass is 260 g/mol. The Bertz CT molecular complexity index is 327. The first kappa shape index (κ1) is 13.7. The van der Waals surface area contributed by atoms with Gasteiger partial charge in [0.2, 0.25) is 5.91 Å². The van der Waals surface area contributed by atoms with Crippen molar-refractivity contribution < 1.29 is 25.2 Å². The van der Waals surface area contributed by atoms with Crippen LogP contribution in [0.5, 0.6) is 0 Å². The van der Waals surface area contributed by atoms with Gasteiger partial charge in [-0.05, 0) is 6.42 Å². The number of carbonyl (C=O) groups is 1. The lowest BCUT2D eigenvalue weighted by Crippen LogP contribution is -2.49. The van der Waals surface area contributed by atoms with Crippen molar-refractivity contribution >= 4 is 5.91 Å². The highest BCUT2D eigenvalue weighted by atomic mass is 16.3. The Morgan fingerprint density at radius 2 is 2.00 bits per heavy atom. The van der Waals surface area contributed by atoms with Crippen LogP contribution in [0.1, 0.15) is 13.3 Å². The Morgan fingerprint density at radius 3 is 2.56 bits per heavy atom. The van der Waals surface area contributed by atoms with E-state index >= 15 is 0 Å². The molecule has 2 saturated heterocycles. The maximum absolute atomic E-state index is 10.9. The van der Waals surface area contributed by atoms with Crippen LogP contribution in [-0.2, 0) is 4.79 Å². The van der Waals surface area contributed by atoms with Crippen molar-refractivity contribution in [2.45, 2.75) is 49.8 Å². The molecule has 104 valence electrons. The maximum Gasteiger partial charge on any atom is 0.216 e. The van der Waals surface area contributed by atoms with Gasteiger partial charge in [0, 0.05) is 19.5 Å². The molecule has 1 amide bonds. The molecule has 0 radical (unpaired) electrons. The van der Waals surface area contributed by atoms with Gasteiger partial charge in [-0.1, -0.05) is 0 Å². The Hall–Kier alpha value is -0.730. The molecule has 0 aromatic rings. The summed E-state index contributed by atoms with van der Waals surface area (Å²) in [6.07, 6.45) is -2.50. The number of fused-ring (bicyclic) bond motifs is 1. The summed E-state index contributed by atoms with van der Waals surface area (Å²) in [5, 5.41) is 41.7. The molecule has 2 fully saturated rings. The highest BCUT2D eigenvalue weighted by Crippen LogP contribution is 2.37. The maximum atomic E-state index is 10.9. The Morgan fingerprint density at radius 1 is 1.33 bits per heavy atom. The second kappa shape index (κ2) is 5.10. The summed E-state index contributed by atoms with van der Waals surface area (Å²) >= 11 is 0. The van der Waals surface area contributed by atoms with Gasteiger partial charge in [-0.25, -0.2) is 0 Å². The number of nitrogens with zero attached hydrogens (tertiary/aromatic N) is 1. The topological polar surface area (TPSA) is 113 Å². The van der Waals surface area contributed by atoms with Crippen LogP contribution in [-0.4, -0.2) is 80.8 Å². The van der Waals surface area contributed by atoms with Crippen LogP contribution in [0, 0.1) is 0 Å². The van der Waals surface area contributed by atoms with Gasteiger partial charge >= 0.3 is 0 Å². The summed E-state index contributed by atoms with van der Waals surface area (Å²) in [6, 6.07) is -1.35. The van der Waals surface area contributed by atoms with Crippen molar-refractivity contribution in [1.29, 1.82) is 0 Å². The van der Waals surface area contributed by atoms with E-state index in [1.54, 1.807) is 4.90 Å². The van der Waals surface area contributed by atoms with Crippen LogP contribution in [0.2, 0.25) is 0 Å². The first-order valence-electron chi connectivity index (χ1n) is 6.14. The average Bonchev–Trinajstić information content (AvgIpc) is 2.76. The Kier molecular flexibility index (Phi) is 3.88. The largest absolute Gasteiger partial charge is 0.395 e. The van der Waals surface area contributed by atoms with Gasteiger partial charge < -0.3 is 25.7 Å². The van der Waals surface area contributed by atoms with Crippen LogP contribution in [0.3, 0.4) is 0 Å². The highest BCUT2D eigenvalue weighted by Gasteiger charge is 2.56. The SMILES string of the molecule is CC(=O)NC[C@H]1[C@H](O)[C@H](O)[C@@H]2[C@@H](O)C[C@@H](CO)N21. The highest BCUT2D eigenvalue weighted by molar-refractivity contribution is 5.72. The van der Waals surface area contributed by atoms with Crippen LogP contribution < -0.4 is 5.32 Å². The fourth-order valence-electron chi connectivity index (χ4n) is 3.13. The van der Waals surface area contributed by atoms with Crippen LogP contribution in [0.15, 0.2) is 0 Å². The summed E-state index contributed by atoms with van der Waals surface area (Å²) in [4.78, 5) is 12.7. The number of nitrogens with one attached hydrogen (secondary N) is 1. The fraction of sp³-hybridized carbons (Fsp3) is 0.909. The minimum atomic E-state index is -1.06. The van der Waals surface area contributed by atoms with E-state index in [4.69, 9.17) is 0 Å². The van der Waals surface area contributed by atoms with Gasteiger partial charge in [-0.15, -0.1) is 0 Å². The molecule has 2 aliphatic rings. The zero-order valence-corrected chi connectivity index (χ0v) is 10.2. The minimum absolute atomic E-state index is 0.149. The Balaban J connectivity index is 2.15. The van der Waals surface area contributed by atoms with Crippen molar-refractivity contribution in [3.05, 3.63) is 0 Å². The quantitative estimate of drug-likeness (QED) is 0.370. The molecule has 0 saturated carbocycles. The third-order valence-corrected chi connectivity index (χ3v) is 3.92. The van der Waals surface area contributed by atoms with Gasteiger partial charge in [0.1, 0.15) is 0 Å². The number of aliphatic hydroxyl groups excluding tert-OH is 4. The number of hydrogen-bond donors (Lipinski definition) is 5. The molecule has 18 heavy (non-hydrogen) atoms. The van der Waals surface area contributed by atoms with Crippen LogP contribution in [0.4, 0.5) is 0 Å². The molecule has 0 aromatic heterocycles. The van der Waals surface area contributed by atoms with E-state index in [-0.39, 0.29) is 25.1 Å². The first-order chi connectivity index (χ1) is 8.47. The summed E-state index contributed by atoms with van der Waals surface area (Å²) in [5.41, 5.74) is 0. The summed E-state index contributed by atoms with van der Waals surface area (Å²) < 4.78 is 0. The summed E-state index contributed by atoms with van der Waals surface area (Å²) in [5.74, 6) is -0.222. The molecule has 7 heteroatoms. The molecular weight excluding hydrogens is 240 g/mol. The lowest BCUT2D eigenvalue weighted by molar-refractivity contribution is -0.119. The van der Waals surface area contributed by atoms with Crippen molar-refractivity contribution in [2.75, 3.05) is 13.2 Å². The molecule has 0 unspecified atom stereocenters. The predicted octanol–water partition coefficient (Wildman–Crippen LogP) is -2.98. The molecular formula is C11H20N2O5. The molecule has 0 aliphatic carbocycles. The molecule has 2 heterocycles. The van der Waals surface area contributed by atoms with Crippen molar-refractivity contribution in [3.8, 4) is 0 Å². The van der Waals surface area contributed by atoms with E-state index in [2.05, 4.69) is 5.32 Å². The van der Waals surface area contributed by atoms with E-state index in [0.29, 0.717) is 6.42 Å². The molecule has 2 aliphatic heterocycles. The number of aliphatic hydroxyl groups is 4. The van der Waals surface area contributed by atoms with Crippen molar-refractivity contribution in [2.24, 2.45) is 0 Å². The zero-order chi connectivity index (χ0) is 13.4. The zero-order valence-electron chi connectivity index (χ0n) is 10.2. The summed E-state index contributed by atoms with van der Waals surface area (Å²) in [7, 11) is 0. The number of carbonyl (C=O) groups excluding carboxylic acids is 1. The second-order valence-corrected chi connectivity index (χ2v) is 5.06. The van der Waals surface area contributed by atoms with E-state index < -0.39 is 30.4 Å². The number of rotatable bonds is 3. The minimum Gasteiger partial charge on any atom is -0.395 e. The van der Waals surface area contributed by atoms with Crippen molar-refractivity contribution in [3.63, 3.8) is 0 Å². The second-order valence-electron chi connectivity index (χ2n) is 5.06. The number of amides is 1. The molecule has 0 bridgehead atoms. The third kappa shape index (κ3) is 2.12. The molecule has 2 rings (SSSR count). The molecule has 7 nitrogen and oxygen atoms in total. The average molecular weight is 260 g/mol. The van der Waals surface area contributed by atoms with E-state index in [9.17, 15) is 25.2 Å². The molecule has 0 aromatic carbocycles. The standard InChI is InChI=1S/C11H20N2O5/c1-5(15)12-3-7-10(17)11(18)9-8(16)2-6(4-14)13(7)9/h6-11,14,16-18H,2-4H2,1H3,(H,12,15)/t6-,7-,8-,9-,10-,11+/m0/s1. The normalized spacial score (nSPS) is 44.1. The third-order valence-electron chi connectivity index (χ3n) is 3.92. The molecule has 5 N–H and O–H groups in total. The summed E-state index contributed by atoms with van der Waals surface area (Å²) in [6.45, 7) is 1.41. The van der Waals surface area contributed by atoms with Gasteiger partial charge in [0.15, 0.2) is 0 Å². The predicted molar refractivity (Wildman–Crippen MR) is 61.6 cm³/mol. The van der Waals surface area contributed by atoms with E-state index in [1.807, 2.05) is 0 Å². The lowest BCUT2D eigenvalue weighted by atomic mass is 10.0. The smallest absolute Gasteiger partial charge is 0.216 e. The number of hydrogen-bond acceptors (Lipinski definition) is 6. The van der Waals surface area contributed by atoms with Gasteiger partial charge in [-0.2, -0.15) is 0 Å². The van der Waals surface area contributed by atoms with Gasteiger partial charge in [-0.3, -0.25) is 9.69 Å². The van der Waals surface area contributed by atoms with Crippen LogP contribution in [0.25, 0.3) is 0 Å². The van der Waals surface area contributed by atoms with Crippen molar-refractivity contribution in [1.82, 2.24) is 10.2 Å². The first-order valence-corrected chi connectivity index (χ1v) is 6.14. The van der Waals surface area contributed by atoms with Crippen LogP contribution >= 0.6 is 0 Å². The van der Waals surface area contributed by atoms with Gasteiger partial charge in [0.05, 0.1) is 37.0 Å². The van der Waals surface area contributed by atoms with E-state index in [0.717, 1.165) is 0 Å². The molecule has 0 spiro atoms. The van der Waals surface area contributed by atoms with E-state index in [1.165, 1.54) is 6.92 Å². The van der Waals surface area contributed by atoms with Gasteiger partial charge in [0.25, 0.3) is 0 Å². The Labute approximate surface area is 105 Å². The fourth-order valence-corrected chi connectivity index (χ4v) is 3.13. The molecule has 6 atom stereocenters.